The summed E-state index contributed by atoms with van der Waals surface area (Å²) in [4.78, 5) is 24.1. The molecule has 2 amide bonds. The third kappa shape index (κ3) is 3.63. The first kappa shape index (κ1) is 14.2. The number of hydrogen-bond acceptors (Lipinski definition) is 5. The van der Waals surface area contributed by atoms with Crippen molar-refractivity contribution in [3.63, 3.8) is 0 Å². The molecule has 20 heavy (non-hydrogen) atoms. The number of carbonyl (C=O) groups is 2. The maximum atomic E-state index is 11.4. The zero-order chi connectivity index (χ0) is 14.5. The van der Waals surface area contributed by atoms with Crippen LogP contribution in [0.25, 0.3) is 0 Å². The summed E-state index contributed by atoms with van der Waals surface area (Å²) >= 11 is 0. The molecule has 108 valence electrons. The molecule has 1 fully saturated rings. The summed E-state index contributed by atoms with van der Waals surface area (Å²) in [6.45, 7) is 0.971. The first-order valence-corrected chi connectivity index (χ1v) is 6.68. The second-order valence-corrected chi connectivity index (χ2v) is 4.83. The van der Waals surface area contributed by atoms with Gasteiger partial charge in [-0.15, -0.1) is 0 Å². The Morgan fingerprint density at radius 2 is 1.60 bits per heavy atom. The summed E-state index contributed by atoms with van der Waals surface area (Å²) in [7, 11) is 0. The van der Waals surface area contributed by atoms with E-state index in [1.165, 1.54) is 4.90 Å². The molecule has 1 aromatic carbocycles. The van der Waals surface area contributed by atoms with Crippen molar-refractivity contribution in [1.29, 1.82) is 0 Å². The number of anilines is 2. The van der Waals surface area contributed by atoms with E-state index in [4.69, 9.17) is 16.2 Å². The Morgan fingerprint density at radius 1 is 1.00 bits per heavy atom. The Balaban J connectivity index is 1.69. The summed E-state index contributed by atoms with van der Waals surface area (Å²) < 4.78 is 5.54. The van der Waals surface area contributed by atoms with Gasteiger partial charge in [-0.25, -0.2) is 0 Å². The molecule has 1 saturated heterocycles. The van der Waals surface area contributed by atoms with E-state index < -0.39 is 0 Å². The van der Waals surface area contributed by atoms with Crippen molar-refractivity contribution < 1.29 is 14.3 Å². The van der Waals surface area contributed by atoms with Gasteiger partial charge in [0, 0.05) is 42.9 Å². The minimum absolute atomic E-state index is 0.0699. The van der Waals surface area contributed by atoms with Crippen LogP contribution >= 0.6 is 0 Å². The fourth-order valence-corrected chi connectivity index (χ4v) is 2.16. The Bertz CT molecular complexity index is 480. The summed E-state index contributed by atoms with van der Waals surface area (Å²) in [5, 5.41) is 0. The monoisotopic (exact) mass is 277 g/mol. The van der Waals surface area contributed by atoms with Crippen molar-refractivity contribution in [1.82, 2.24) is 4.90 Å². The van der Waals surface area contributed by atoms with Gasteiger partial charge in [0.1, 0.15) is 5.75 Å². The standard InChI is InChI=1S/C14H19N3O3/c15-10-7-11(16)9-12(8-10)20-6-2-1-5-17-13(18)3-4-14(17)19/h7-9H,1-6,15-16H2. The molecule has 1 heterocycles. The molecule has 0 aliphatic carbocycles. The number of hydrogen-bond donors (Lipinski definition) is 2. The predicted octanol–water partition coefficient (Wildman–Crippen LogP) is 1.16. The van der Waals surface area contributed by atoms with Gasteiger partial charge >= 0.3 is 0 Å². The Hall–Kier alpha value is -2.24. The Morgan fingerprint density at radius 3 is 2.20 bits per heavy atom. The molecule has 0 aromatic heterocycles. The van der Waals surface area contributed by atoms with Gasteiger partial charge in [0.15, 0.2) is 0 Å². The average Bonchev–Trinajstić information content (AvgIpc) is 2.68. The molecule has 0 bridgehead atoms. The number of benzene rings is 1. The van der Waals surface area contributed by atoms with Crippen molar-refractivity contribution >= 4 is 23.2 Å². The number of nitrogens with zero attached hydrogens (tertiary/aromatic N) is 1. The molecule has 0 unspecified atom stereocenters. The van der Waals surface area contributed by atoms with Gasteiger partial charge in [0.2, 0.25) is 11.8 Å². The molecule has 0 spiro atoms. The van der Waals surface area contributed by atoms with E-state index in [0.717, 1.165) is 12.8 Å². The van der Waals surface area contributed by atoms with E-state index >= 15 is 0 Å². The lowest BCUT2D eigenvalue weighted by atomic mass is 10.2. The first-order chi connectivity index (χ1) is 9.56. The molecule has 6 nitrogen and oxygen atoms in total. The van der Waals surface area contributed by atoms with Crippen LogP contribution in [0.3, 0.4) is 0 Å². The molecule has 1 aliphatic heterocycles. The molecule has 0 saturated carbocycles. The lowest BCUT2D eigenvalue weighted by Gasteiger charge is -2.13. The summed E-state index contributed by atoms with van der Waals surface area (Å²) in [6, 6.07) is 5.09. The molecule has 1 aromatic rings. The van der Waals surface area contributed by atoms with Crippen molar-refractivity contribution in [2.24, 2.45) is 0 Å². The van der Waals surface area contributed by atoms with Gasteiger partial charge in [-0.2, -0.15) is 0 Å². The van der Waals surface area contributed by atoms with E-state index in [1.54, 1.807) is 18.2 Å². The van der Waals surface area contributed by atoms with Gasteiger partial charge < -0.3 is 16.2 Å². The van der Waals surface area contributed by atoms with Gasteiger partial charge in [-0.05, 0) is 18.9 Å². The molecule has 6 heteroatoms. The smallest absolute Gasteiger partial charge is 0.229 e. The minimum Gasteiger partial charge on any atom is -0.493 e. The second kappa shape index (κ2) is 6.27. The molecule has 2 rings (SSSR count). The van der Waals surface area contributed by atoms with Crippen molar-refractivity contribution in [2.75, 3.05) is 24.6 Å². The van der Waals surface area contributed by atoms with Gasteiger partial charge in [-0.1, -0.05) is 0 Å². The SMILES string of the molecule is Nc1cc(N)cc(OCCCCN2C(=O)CCC2=O)c1. The maximum Gasteiger partial charge on any atom is 0.229 e. The third-order valence-corrected chi connectivity index (χ3v) is 3.15. The van der Waals surface area contributed by atoms with E-state index in [-0.39, 0.29) is 11.8 Å². The normalized spacial score (nSPS) is 14.9. The van der Waals surface area contributed by atoms with Crippen LogP contribution in [-0.4, -0.2) is 29.9 Å². The van der Waals surface area contributed by atoms with Gasteiger partial charge in [0.25, 0.3) is 0 Å². The lowest BCUT2D eigenvalue weighted by Crippen LogP contribution is -2.30. The van der Waals surface area contributed by atoms with Crippen LogP contribution in [0.1, 0.15) is 25.7 Å². The quantitative estimate of drug-likeness (QED) is 0.462. The number of nitrogen functional groups attached to an aromatic ring is 2. The number of rotatable bonds is 6. The maximum absolute atomic E-state index is 11.4. The summed E-state index contributed by atoms with van der Waals surface area (Å²) in [5.74, 6) is 0.495. The molecule has 1 aliphatic rings. The largest absolute Gasteiger partial charge is 0.493 e. The van der Waals surface area contributed by atoms with Crippen molar-refractivity contribution in [2.45, 2.75) is 25.7 Å². The average molecular weight is 277 g/mol. The van der Waals surface area contributed by atoms with Crippen molar-refractivity contribution in [3.8, 4) is 5.75 Å². The third-order valence-electron chi connectivity index (χ3n) is 3.15. The highest BCUT2D eigenvalue weighted by molar-refractivity contribution is 6.01. The number of amides is 2. The van der Waals surface area contributed by atoms with Crippen LogP contribution in [0.15, 0.2) is 18.2 Å². The van der Waals surface area contributed by atoms with Gasteiger partial charge in [0.05, 0.1) is 6.61 Å². The minimum atomic E-state index is -0.0699. The molecular weight excluding hydrogens is 258 g/mol. The van der Waals surface area contributed by atoms with Crippen LogP contribution in [0.4, 0.5) is 11.4 Å². The van der Waals surface area contributed by atoms with Crippen LogP contribution in [0, 0.1) is 0 Å². The summed E-state index contributed by atoms with van der Waals surface area (Å²) in [5.41, 5.74) is 12.4. The predicted molar refractivity (Wildman–Crippen MR) is 75.9 cm³/mol. The van der Waals surface area contributed by atoms with E-state index in [0.29, 0.717) is 43.1 Å². The van der Waals surface area contributed by atoms with Crippen LogP contribution in [0.2, 0.25) is 0 Å². The summed E-state index contributed by atoms with van der Waals surface area (Å²) in [6.07, 6.45) is 2.18. The van der Waals surface area contributed by atoms with Crippen LogP contribution in [-0.2, 0) is 9.59 Å². The van der Waals surface area contributed by atoms with Crippen LogP contribution in [0.5, 0.6) is 5.75 Å². The fourth-order valence-electron chi connectivity index (χ4n) is 2.16. The Labute approximate surface area is 117 Å². The fraction of sp³-hybridized carbons (Fsp3) is 0.429. The van der Waals surface area contributed by atoms with E-state index in [1.807, 2.05) is 0 Å². The van der Waals surface area contributed by atoms with Gasteiger partial charge in [-0.3, -0.25) is 14.5 Å². The number of nitrogens with two attached hydrogens (primary N) is 2. The molecular formula is C14H19N3O3. The zero-order valence-corrected chi connectivity index (χ0v) is 11.3. The number of imide groups is 1. The molecule has 4 N–H and O–H groups in total. The first-order valence-electron chi connectivity index (χ1n) is 6.68. The topological polar surface area (TPSA) is 98.6 Å². The highest BCUT2D eigenvalue weighted by atomic mass is 16.5. The number of unbranched alkanes of at least 4 members (excludes halogenated alkanes) is 1. The second-order valence-electron chi connectivity index (χ2n) is 4.83. The lowest BCUT2D eigenvalue weighted by molar-refractivity contribution is -0.138. The number of likely N-dealkylation sites (tertiary alicyclic amines) is 1. The zero-order valence-electron chi connectivity index (χ0n) is 11.3. The highest BCUT2D eigenvalue weighted by Crippen LogP contribution is 2.20. The van der Waals surface area contributed by atoms with Crippen LogP contribution < -0.4 is 16.2 Å². The Kier molecular flexibility index (Phi) is 4.45. The number of carbonyl (C=O) groups excluding carboxylic acids is 2. The molecule has 0 atom stereocenters. The van der Waals surface area contributed by atoms with Crippen molar-refractivity contribution in [3.05, 3.63) is 18.2 Å². The van der Waals surface area contributed by atoms with E-state index in [2.05, 4.69) is 0 Å². The number of ether oxygens (including phenoxy) is 1. The highest BCUT2D eigenvalue weighted by Gasteiger charge is 2.27. The molecule has 0 radical (unpaired) electrons. The van der Waals surface area contributed by atoms with E-state index in [9.17, 15) is 9.59 Å².